The van der Waals surface area contributed by atoms with Crippen LogP contribution in [0.4, 0.5) is 5.69 Å². The number of ether oxygens (including phenoxy) is 1. The van der Waals surface area contributed by atoms with Crippen LogP contribution in [0.5, 0.6) is 5.75 Å². The molecular formula is C15H16ClNO2S. The molecule has 1 atom stereocenters. The highest BCUT2D eigenvalue weighted by molar-refractivity contribution is 7.99. The van der Waals surface area contributed by atoms with Crippen molar-refractivity contribution >= 4 is 29.1 Å². The third-order valence-corrected chi connectivity index (χ3v) is 4.02. The zero-order chi connectivity index (χ0) is 14.4. The summed E-state index contributed by atoms with van der Waals surface area (Å²) in [6.07, 6.45) is -0.560. The predicted octanol–water partition coefficient (Wildman–Crippen LogP) is 3.45. The number of hydrogen-bond acceptors (Lipinski definition) is 4. The number of benzene rings is 2. The van der Waals surface area contributed by atoms with Gasteiger partial charge in [0.15, 0.2) is 0 Å². The number of nitrogen functional groups attached to an aromatic ring is 1. The normalized spacial score (nSPS) is 12.1. The fourth-order valence-corrected chi connectivity index (χ4v) is 2.50. The van der Waals surface area contributed by atoms with Crippen molar-refractivity contribution < 1.29 is 9.84 Å². The number of aliphatic hydroxyl groups is 1. The van der Waals surface area contributed by atoms with E-state index in [0.717, 1.165) is 4.90 Å². The highest BCUT2D eigenvalue weighted by Crippen LogP contribution is 2.22. The van der Waals surface area contributed by atoms with E-state index in [4.69, 9.17) is 22.1 Å². The molecule has 3 N–H and O–H groups in total. The minimum absolute atomic E-state index is 0.217. The Hall–Kier alpha value is -1.36. The minimum atomic E-state index is -0.560. The van der Waals surface area contributed by atoms with Crippen LogP contribution < -0.4 is 10.5 Å². The van der Waals surface area contributed by atoms with Gasteiger partial charge in [0, 0.05) is 15.7 Å². The van der Waals surface area contributed by atoms with Crippen molar-refractivity contribution in [2.75, 3.05) is 18.1 Å². The van der Waals surface area contributed by atoms with Gasteiger partial charge in [0.05, 0.1) is 11.8 Å². The van der Waals surface area contributed by atoms with Gasteiger partial charge in [0.1, 0.15) is 12.4 Å². The van der Waals surface area contributed by atoms with Crippen molar-refractivity contribution in [1.82, 2.24) is 0 Å². The molecule has 0 bridgehead atoms. The number of hydrogen-bond donors (Lipinski definition) is 2. The molecule has 3 nitrogen and oxygen atoms in total. The average molecular weight is 310 g/mol. The van der Waals surface area contributed by atoms with Gasteiger partial charge >= 0.3 is 0 Å². The highest BCUT2D eigenvalue weighted by Gasteiger charge is 2.07. The molecular weight excluding hydrogens is 294 g/mol. The third-order valence-electron chi connectivity index (χ3n) is 2.61. The van der Waals surface area contributed by atoms with Gasteiger partial charge in [0.25, 0.3) is 0 Å². The van der Waals surface area contributed by atoms with E-state index in [1.54, 1.807) is 23.9 Å². The summed E-state index contributed by atoms with van der Waals surface area (Å²) in [5, 5.41) is 10.6. The second kappa shape index (κ2) is 7.43. The summed E-state index contributed by atoms with van der Waals surface area (Å²) in [4.78, 5) is 1.06. The van der Waals surface area contributed by atoms with E-state index in [-0.39, 0.29) is 6.61 Å². The molecule has 2 rings (SSSR count). The van der Waals surface area contributed by atoms with E-state index < -0.39 is 6.10 Å². The van der Waals surface area contributed by atoms with E-state index in [1.165, 1.54) is 0 Å². The Bertz CT molecular complexity index is 548. The largest absolute Gasteiger partial charge is 0.489 e. The second-order valence-electron chi connectivity index (χ2n) is 4.27. The van der Waals surface area contributed by atoms with Crippen molar-refractivity contribution in [2.24, 2.45) is 0 Å². The molecule has 20 heavy (non-hydrogen) atoms. The second-order valence-corrected chi connectivity index (χ2v) is 5.80. The first-order valence-corrected chi connectivity index (χ1v) is 7.55. The van der Waals surface area contributed by atoms with Gasteiger partial charge in [-0.1, -0.05) is 23.7 Å². The summed E-state index contributed by atoms with van der Waals surface area (Å²) in [5.41, 5.74) is 6.34. The molecule has 0 saturated heterocycles. The lowest BCUT2D eigenvalue weighted by Crippen LogP contribution is -2.20. The molecule has 0 amide bonds. The molecule has 0 spiro atoms. The maximum absolute atomic E-state index is 9.90. The molecule has 2 aromatic rings. The number of thioether (sulfide) groups is 1. The van der Waals surface area contributed by atoms with Crippen LogP contribution in [0.2, 0.25) is 5.02 Å². The van der Waals surface area contributed by atoms with Crippen LogP contribution in [0.3, 0.4) is 0 Å². The number of para-hydroxylation sites is 2. The summed E-state index contributed by atoms with van der Waals surface area (Å²) in [5.74, 6) is 1.15. The standard InChI is InChI=1S/C15H16ClNO2S/c16-11-5-7-13(8-6-11)20-10-12(18)9-19-15-4-2-1-3-14(15)17/h1-8,12,18H,9-10,17H2. The Labute approximate surface area is 127 Å². The fraction of sp³-hybridized carbons (Fsp3) is 0.200. The van der Waals surface area contributed by atoms with Crippen LogP contribution >= 0.6 is 23.4 Å². The lowest BCUT2D eigenvalue weighted by Gasteiger charge is -2.13. The monoisotopic (exact) mass is 309 g/mol. The fourth-order valence-electron chi connectivity index (χ4n) is 1.57. The Kier molecular flexibility index (Phi) is 5.59. The maximum atomic E-state index is 9.90. The lowest BCUT2D eigenvalue weighted by molar-refractivity contribution is 0.127. The molecule has 0 saturated carbocycles. The summed E-state index contributed by atoms with van der Waals surface area (Å²) in [6, 6.07) is 14.8. The zero-order valence-corrected chi connectivity index (χ0v) is 12.4. The average Bonchev–Trinajstić information content (AvgIpc) is 2.46. The highest BCUT2D eigenvalue weighted by atomic mass is 35.5. The Morgan fingerprint density at radius 1 is 1.15 bits per heavy atom. The minimum Gasteiger partial charge on any atom is -0.489 e. The van der Waals surface area contributed by atoms with Crippen molar-refractivity contribution in [3.63, 3.8) is 0 Å². The quantitative estimate of drug-likeness (QED) is 0.634. The summed E-state index contributed by atoms with van der Waals surface area (Å²) in [6.45, 7) is 0.217. The van der Waals surface area contributed by atoms with E-state index in [2.05, 4.69) is 0 Å². The zero-order valence-electron chi connectivity index (χ0n) is 10.8. The van der Waals surface area contributed by atoms with Crippen molar-refractivity contribution in [1.29, 1.82) is 0 Å². The van der Waals surface area contributed by atoms with Gasteiger partial charge < -0.3 is 15.6 Å². The topological polar surface area (TPSA) is 55.5 Å². The van der Waals surface area contributed by atoms with Crippen LogP contribution in [0.25, 0.3) is 0 Å². The van der Waals surface area contributed by atoms with Crippen LogP contribution in [0, 0.1) is 0 Å². The van der Waals surface area contributed by atoms with Crippen molar-refractivity contribution in [3.8, 4) is 5.75 Å². The summed E-state index contributed by atoms with van der Waals surface area (Å²) < 4.78 is 5.50. The Balaban J connectivity index is 1.77. The first-order chi connectivity index (χ1) is 9.65. The van der Waals surface area contributed by atoms with E-state index >= 15 is 0 Å². The van der Waals surface area contributed by atoms with Gasteiger partial charge in [-0.25, -0.2) is 0 Å². The van der Waals surface area contributed by atoms with Gasteiger partial charge in [-0.3, -0.25) is 0 Å². The molecule has 1 unspecified atom stereocenters. The van der Waals surface area contributed by atoms with Gasteiger partial charge in [-0.2, -0.15) is 0 Å². The Morgan fingerprint density at radius 2 is 1.85 bits per heavy atom. The van der Waals surface area contributed by atoms with Gasteiger partial charge in [-0.05, 0) is 36.4 Å². The summed E-state index contributed by atoms with van der Waals surface area (Å²) in [7, 11) is 0. The summed E-state index contributed by atoms with van der Waals surface area (Å²) >= 11 is 7.37. The molecule has 0 aliphatic heterocycles. The van der Waals surface area contributed by atoms with Crippen LogP contribution in [0.15, 0.2) is 53.4 Å². The molecule has 0 aromatic heterocycles. The smallest absolute Gasteiger partial charge is 0.142 e. The van der Waals surface area contributed by atoms with Gasteiger partial charge in [-0.15, -0.1) is 11.8 Å². The van der Waals surface area contributed by atoms with Crippen molar-refractivity contribution in [3.05, 3.63) is 53.6 Å². The van der Waals surface area contributed by atoms with Crippen molar-refractivity contribution in [2.45, 2.75) is 11.0 Å². The number of halogens is 1. The number of anilines is 1. The molecule has 0 radical (unpaired) electrons. The predicted molar refractivity (Wildman–Crippen MR) is 84.5 cm³/mol. The van der Waals surface area contributed by atoms with E-state index in [9.17, 15) is 5.11 Å². The maximum Gasteiger partial charge on any atom is 0.142 e. The molecule has 5 heteroatoms. The molecule has 0 aliphatic rings. The van der Waals surface area contributed by atoms with Crippen LogP contribution in [-0.2, 0) is 0 Å². The first-order valence-electron chi connectivity index (χ1n) is 6.19. The van der Waals surface area contributed by atoms with Gasteiger partial charge in [0.2, 0.25) is 0 Å². The molecule has 0 aliphatic carbocycles. The molecule has 0 heterocycles. The molecule has 106 valence electrons. The molecule has 0 fully saturated rings. The molecule has 2 aromatic carbocycles. The Morgan fingerprint density at radius 3 is 2.55 bits per heavy atom. The first kappa shape index (κ1) is 15.0. The van der Waals surface area contributed by atoms with Crippen LogP contribution in [0.1, 0.15) is 0 Å². The third kappa shape index (κ3) is 4.63. The number of aliphatic hydroxyl groups excluding tert-OH is 1. The SMILES string of the molecule is Nc1ccccc1OCC(O)CSc1ccc(Cl)cc1. The number of rotatable bonds is 6. The number of nitrogens with two attached hydrogens (primary N) is 1. The lowest BCUT2D eigenvalue weighted by atomic mass is 10.3. The van der Waals surface area contributed by atoms with E-state index in [1.807, 2.05) is 36.4 Å². The van der Waals surface area contributed by atoms with Crippen LogP contribution in [-0.4, -0.2) is 23.6 Å². The van der Waals surface area contributed by atoms with E-state index in [0.29, 0.717) is 22.2 Å².